The normalized spacial score (nSPS) is 14.4. The maximum Gasteiger partial charge on any atom is 0.337 e. The van der Waals surface area contributed by atoms with Gasteiger partial charge in [0.2, 0.25) is 0 Å². The number of carboxylic acid groups (broad SMARTS) is 1. The predicted octanol–water partition coefficient (Wildman–Crippen LogP) is 2.22. The first kappa shape index (κ1) is 32.3. The summed E-state index contributed by atoms with van der Waals surface area (Å²) in [6.45, 7) is 4.42. The zero-order valence-corrected chi connectivity index (χ0v) is 22.1. The van der Waals surface area contributed by atoms with E-state index in [-0.39, 0.29) is 29.8 Å². The van der Waals surface area contributed by atoms with E-state index in [1.54, 1.807) is 44.2 Å². The second-order valence-corrected chi connectivity index (χ2v) is 8.02. The highest BCUT2D eigenvalue weighted by Gasteiger charge is 2.39. The van der Waals surface area contributed by atoms with Crippen LogP contribution in [0.15, 0.2) is 71.3 Å². The lowest BCUT2D eigenvalue weighted by Gasteiger charge is -2.31. The van der Waals surface area contributed by atoms with E-state index < -0.39 is 23.8 Å². The van der Waals surface area contributed by atoms with Gasteiger partial charge in [0.15, 0.2) is 0 Å². The standard InChI is InChI=1S/C20H25ClN2O5.C6H5NO2.H2O/c1-4-28-20(25)18-15(11-27-10-9-22)23-12(2)16(19(24)26-3)17(18)13-7-5-6-8-14(13)21;8-6(9)5-2-1-3-7-4-5;/h5-8,17,23H,4,9-11,22H2,1-3H3;1-4H,(H,8,9);1H2. The SMILES string of the molecule is CCOC(=O)C1=C(COCCN)NC(C)=C(C(=O)OC)C1c1ccccc1Cl.O.O=C(O)c1cccnc1. The van der Waals surface area contributed by atoms with Crippen molar-refractivity contribution < 1.29 is 39.2 Å². The molecule has 1 aromatic heterocycles. The molecule has 2 aromatic rings. The quantitative estimate of drug-likeness (QED) is 0.310. The van der Waals surface area contributed by atoms with Crippen molar-refractivity contribution in [2.45, 2.75) is 19.8 Å². The Hall–Kier alpha value is -3.77. The molecule has 0 aliphatic carbocycles. The first-order valence-corrected chi connectivity index (χ1v) is 11.8. The van der Waals surface area contributed by atoms with E-state index in [2.05, 4.69) is 10.3 Å². The van der Waals surface area contributed by atoms with Crippen LogP contribution in [0.4, 0.5) is 0 Å². The molecule has 0 fully saturated rings. The molecule has 1 aliphatic rings. The Labute approximate surface area is 225 Å². The van der Waals surface area contributed by atoms with Crippen molar-refractivity contribution in [1.82, 2.24) is 10.3 Å². The number of nitrogens with one attached hydrogen (secondary N) is 1. The number of nitrogens with two attached hydrogens (primary N) is 1. The van der Waals surface area contributed by atoms with Crippen LogP contribution >= 0.6 is 11.6 Å². The Morgan fingerprint density at radius 3 is 2.37 bits per heavy atom. The van der Waals surface area contributed by atoms with Gasteiger partial charge in [-0.15, -0.1) is 0 Å². The number of halogens is 1. The van der Waals surface area contributed by atoms with Crippen LogP contribution in [0.1, 0.15) is 35.7 Å². The first-order valence-electron chi connectivity index (χ1n) is 11.4. The Morgan fingerprint density at radius 2 is 1.84 bits per heavy atom. The van der Waals surface area contributed by atoms with Crippen molar-refractivity contribution in [3.8, 4) is 0 Å². The van der Waals surface area contributed by atoms with E-state index >= 15 is 0 Å². The number of esters is 2. The number of benzene rings is 1. The minimum absolute atomic E-state index is 0. The average molecular weight is 550 g/mol. The lowest BCUT2D eigenvalue weighted by molar-refractivity contribution is -0.139. The molecule has 2 heterocycles. The maximum absolute atomic E-state index is 12.9. The molecule has 0 saturated carbocycles. The Morgan fingerprint density at radius 1 is 1.13 bits per heavy atom. The Balaban J connectivity index is 0.000000610. The van der Waals surface area contributed by atoms with Crippen LogP contribution in [0, 0.1) is 0 Å². The summed E-state index contributed by atoms with van der Waals surface area (Å²) in [5.74, 6) is -2.81. The van der Waals surface area contributed by atoms with E-state index in [0.29, 0.717) is 40.7 Å². The van der Waals surface area contributed by atoms with Crippen molar-refractivity contribution in [2.75, 3.05) is 33.5 Å². The number of carbonyl (C=O) groups excluding carboxylic acids is 2. The van der Waals surface area contributed by atoms with Crippen molar-refractivity contribution >= 4 is 29.5 Å². The largest absolute Gasteiger partial charge is 0.478 e. The first-order chi connectivity index (χ1) is 17.8. The number of aromatic carboxylic acids is 1. The third kappa shape index (κ3) is 8.38. The second-order valence-electron chi connectivity index (χ2n) is 7.61. The van der Waals surface area contributed by atoms with Gasteiger partial charge in [-0.1, -0.05) is 29.8 Å². The summed E-state index contributed by atoms with van der Waals surface area (Å²) in [4.78, 5) is 39.2. The summed E-state index contributed by atoms with van der Waals surface area (Å²) in [7, 11) is 1.29. The van der Waals surface area contributed by atoms with Crippen LogP contribution in [0.2, 0.25) is 5.02 Å². The highest BCUT2D eigenvalue weighted by atomic mass is 35.5. The van der Waals surface area contributed by atoms with Crippen LogP contribution in [-0.4, -0.2) is 66.9 Å². The zero-order chi connectivity index (χ0) is 27.4. The fourth-order valence-electron chi connectivity index (χ4n) is 3.61. The minimum atomic E-state index is -0.942. The zero-order valence-electron chi connectivity index (χ0n) is 21.3. The molecule has 0 spiro atoms. The molecule has 1 unspecified atom stereocenters. The summed E-state index contributed by atoms with van der Waals surface area (Å²) < 4.78 is 15.8. The van der Waals surface area contributed by atoms with Gasteiger partial charge in [0.25, 0.3) is 0 Å². The Bertz CT molecular complexity index is 1170. The van der Waals surface area contributed by atoms with Crippen LogP contribution in [0.5, 0.6) is 0 Å². The van der Waals surface area contributed by atoms with Gasteiger partial charge in [0, 0.05) is 29.7 Å². The lowest BCUT2D eigenvalue weighted by atomic mass is 9.80. The lowest BCUT2D eigenvalue weighted by Crippen LogP contribution is -2.35. The fraction of sp³-hybridized carbons (Fsp3) is 0.308. The molecule has 0 bridgehead atoms. The van der Waals surface area contributed by atoms with E-state index in [4.69, 9.17) is 36.7 Å². The van der Waals surface area contributed by atoms with Gasteiger partial charge < -0.3 is 35.8 Å². The number of rotatable bonds is 9. The molecule has 206 valence electrons. The van der Waals surface area contributed by atoms with Gasteiger partial charge in [-0.3, -0.25) is 4.98 Å². The van der Waals surface area contributed by atoms with E-state index in [1.165, 1.54) is 25.6 Å². The number of ether oxygens (including phenoxy) is 3. The highest BCUT2D eigenvalue weighted by molar-refractivity contribution is 6.31. The number of methoxy groups -OCH3 is 1. The van der Waals surface area contributed by atoms with Crippen LogP contribution in [0.25, 0.3) is 0 Å². The van der Waals surface area contributed by atoms with Crippen LogP contribution < -0.4 is 11.1 Å². The molecule has 11 nitrogen and oxygen atoms in total. The van der Waals surface area contributed by atoms with Crippen molar-refractivity contribution in [3.05, 3.63) is 87.5 Å². The van der Waals surface area contributed by atoms with Crippen LogP contribution in [0.3, 0.4) is 0 Å². The molecular formula is C26H32ClN3O8. The minimum Gasteiger partial charge on any atom is -0.478 e. The summed E-state index contributed by atoms with van der Waals surface area (Å²) in [5, 5.41) is 11.9. The van der Waals surface area contributed by atoms with Gasteiger partial charge in [-0.2, -0.15) is 0 Å². The van der Waals surface area contributed by atoms with Gasteiger partial charge in [-0.25, -0.2) is 14.4 Å². The van der Waals surface area contributed by atoms with Gasteiger partial charge >= 0.3 is 17.9 Å². The van der Waals surface area contributed by atoms with Gasteiger partial charge in [-0.05, 0) is 37.6 Å². The smallest absolute Gasteiger partial charge is 0.337 e. The number of dihydropyridines is 1. The topological polar surface area (TPSA) is 182 Å². The number of aromatic nitrogens is 1. The molecule has 1 aliphatic heterocycles. The molecule has 0 amide bonds. The van der Waals surface area contributed by atoms with E-state index in [1.807, 2.05) is 0 Å². The van der Waals surface area contributed by atoms with Crippen LogP contribution in [-0.2, 0) is 23.8 Å². The van der Waals surface area contributed by atoms with Crippen molar-refractivity contribution in [3.63, 3.8) is 0 Å². The summed E-state index contributed by atoms with van der Waals surface area (Å²) >= 11 is 6.42. The monoisotopic (exact) mass is 549 g/mol. The second kappa shape index (κ2) is 16.2. The third-order valence-electron chi connectivity index (χ3n) is 5.18. The molecular weight excluding hydrogens is 518 g/mol. The molecule has 1 atom stereocenters. The molecule has 0 radical (unpaired) electrons. The van der Waals surface area contributed by atoms with Gasteiger partial charge in [0.05, 0.1) is 55.3 Å². The number of nitrogens with zero attached hydrogens (tertiary/aromatic N) is 1. The molecule has 38 heavy (non-hydrogen) atoms. The fourth-order valence-corrected chi connectivity index (χ4v) is 3.85. The molecule has 3 rings (SSSR count). The number of carbonyl (C=O) groups is 3. The third-order valence-corrected chi connectivity index (χ3v) is 5.52. The van der Waals surface area contributed by atoms with E-state index in [0.717, 1.165) is 0 Å². The van der Waals surface area contributed by atoms with Gasteiger partial charge in [0.1, 0.15) is 0 Å². The number of hydrogen-bond donors (Lipinski definition) is 3. The van der Waals surface area contributed by atoms with Crippen molar-refractivity contribution in [2.24, 2.45) is 5.73 Å². The van der Waals surface area contributed by atoms with E-state index in [9.17, 15) is 14.4 Å². The summed E-state index contributed by atoms with van der Waals surface area (Å²) in [6, 6.07) is 10.1. The Kier molecular flexibility index (Phi) is 13.7. The number of hydrogen-bond acceptors (Lipinski definition) is 9. The number of pyridine rings is 1. The molecule has 6 N–H and O–H groups in total. The summed E-state index contributed by atoms with van der Waals surface area (Å²) in [5.41, 5.74) is 7.92. The molecule has 12 heteroatoms. The number of allylic oxidation sites excluding steroid dienone is 1. The highest BCUT2D eigenvalue weighted by Crippen LogP contribution is 2.41. The average Bonchev–Trinajstić information content (AvgIpc) is 2.89. The number of carboxylic acids is 1. The molecule has 1 aromatic carbocycles. The maximum atomic E-state index is 12.9. The van der Waals surface area contributed by atoms with Crippen molar-refractivity contribution in [1.29, 1.82) is 0 Å². The molecule has 0 saturated heterocycles. The predicted molar refractivity (Wildman–Crippen MR) is 140 cm³/mol. The summed E-state index contributed by atoms with van der Waals surface area (Å²) in [6.07, 6.45) is 2.84.